The fraction of sp³-hybridized carbons (Fsp3) is 0.0833. The molecule has 0 bridgehead atoms. The van der Waals surface area contributed by atoms with Crippen molar-refractivity contribution in [2.45, 2.75) is 6.92 Å². The topological polar surface area (TPSA) is 29.1 Å². The van der Waals surface area contributed by atoms with Crippen LogP contribution in [-0.2, 0) is 0 Å². The fourth-order valence-electron chi connectivity index (χ4n) is 1.38. The molecule has 0 aliphatic heterocycles. The van der Waals surface area contributed by atoms with E-state index in [9.17, 15) is 4.79 Å². The Kier molecular flexibility index (Phi) is 4.64. The highest BCUT2D eigenvalue weighted by molar-refractivity contribution is 9.13. The Bertz CT molecular complexity index is 590. The van der Waals surface area contributed by atoms with Crippen molar-refractivity contribution in [2.75, 3.05) is 5.32 Å². The van der Waals surface area contributed by atoms with Gasteiger partial charge in [-0.1, -0.05) is 6.07 Å². The number of carbonyl (C=O) groups is 1. The number of halogens is 3. The monoisotopic (exact) mass is 451 g/mol. The second-order valence-corrected chi connectivity index (χ2v) is 7.75. The van der Waals surface area contributed by atoms with E-state index >= 15 is 0 Å². The van der Waals surface area contributed by atoms with Crippen LogP contribution in [-0.4, -0.2) is 5.91 Å². The highest BCUT2D eigenvalue weighted by Crippen LogP contribution is 2.33. The minimum absolute atomic E-state index is 0.113. The average Bonchev–Trinajstić information content (AvgIpc) is 2.64. The minimum atomic E-state index is -0.113. The molecule has 0 radical (unpaired) electrons. The van der Waals surface area contributed by atoms with Crippen molar-refractivity contribution >= 4 is 70.7 Å². The molecule has 0 atom stereocenters. The highest BCUT2D eigenvalue weighted by atomic mass is 79.9. The van der Waals surface area contributed by atoms with Gasteiger partial charge in [-0.05, 0) is 78.5 Å². The van der Waals surface area contributed by atoms with Gasteiger partial charge in [-0.3, -0.25) is 4.79 Å². The number of rotatable bonds is 2. The number of thiophene rings is 1. The van der Waals surface area contributed by atoms with Crippen molar-refractivity contribution in [1.82, 2.24) is 0 Å². The van der Waals surface area contributed by atoms with Crippen LogP contribution in [0.2, 0.25) is 0 Å². The van der Waals surface area contributed by atoms with Gasteiger partial charge in [-0.2, -0.15) is 0 Å². The first-order valence-corrected chi connectivity index (χ1v) is 8.19. The van der Waals surface area contributed by atoms with E-state index in [0.717, 1.165) is 24.0 Å². The summed E-state index contributed by atoms with van der Waals surface area (Å²) in [6, 6.07) is 7.64. The number of anilines is 1. The summed E-state index contributed by atoms with van der Waals surface area (Å²) in [5, 5.41) is 2.89. The Balaban J connectivity index is 2.23. The molecule has 0 spiro atoms. The molecule has 1 aromatic heterocycles. The third-order valence-corrected chi connectivity index (χ3v) is 6.19. The van der Waals surface area contributed by atoms with E-state index in [1.54, 1.807) is 6.07 Å². The van der Waals surface area contributed by atoms with Gasteiger partial charge in [0.1, 0.15) is 0 Å². The molecule has 0 saturated heterocycles. The normalized spacial score (nSPS) is 10.4. The Hall–Kier alpha value is -0.170. The van der Waals surface area contributed by atoms with Crippen LogP contribution in [0.1, 0.15) is 15.2 Å². The van der Waals surface area contributed by atoms with Crippen LogP contribution in [0, 0.1) is 6.92 Å². The molecular weight excluding hydrogens is 446 g/mol. The molecule has 0 fully saturated rings. The summed E-state index contributed by atoms with van der Waals surface area (Å²) in [6.07, 6.45) is 0. The highest BCUT2D eigenvalue weighted by Gasteiger charge is 2.13. The van der Waals surface area contributed by atoms with Crippen LogP contribution >= 0.6 is 59.1 Å². The number of carbonyl (C=O) groups excluding carboxylic acids is 1. The maximum Gasteiger partial charge on any atom is 0.265 e. The second kappa shape index (κ2) is 5.86. The van der Waals surface area contributed by atoms with E-state index < -0.39 is 0 Å². The van der Waals surface area contributed by atoms with Gasteiger partial charge in [-0.25, -0.2) is 0 Å². The van der Waals surface area contributed by atoms with Crippen molar-refractivity contribution in [2.24, 2.45) is 0 Å². The zero-order chi connectivity index (χ0) is 13.3. The van der Waals surface area contributed by atoms with Gasteiger partial charge in [-0.15, -0.1) is 11.3 Å². The minimum Gasteiger partial charge on any atom is -0.320 e. The van der Waals surface area contributed by atoms with Gasteiger partial charge in [0.2, 0.25) is 0 Å². The first-order valence-electron chi connectivity index (χ1n) is 4.99. The molecule has 0 aliphatic rings. The van der Waals surface area contributed by atoms with Crippen LogP contribution in [0.4, 0.5) is 5.69 Å². The van der Waals surface area contributed by atoms with Gasteiger partial charge in [0.15, 0.2) is 0 Å². The molecular formula is C12H8Br3NOS. The first kappa shape index (κ1) is 14.2. The zero-order valence-electron chi connectivity index (χ0n) is 9.26. The quantitative estimate of drug-likeness (QED) is 0.630. The predicted molar refractivity (Wildman–Crippen MR) is 86.6 cm³/mol. The summed E-state index contributed by atoms with van der Waals surface area (Å²) in [5.41, 5.74) is 1.88. The molecule has 0 unspecified atom stereocenters. The lowest BCUT2D eigenvalue weighted by molar-refractivity contribution is 0.103. The molecule has 1 heterocycles. The van der Waals surface area contributed by atoms with E-state index in [0.29, 0.717) is 4.88 Å². The third-order valence-electron chi connectivity index (χ3n) is 2.24. The Morgan fingerprint density at radius 1 is 1.17 bits per heavy atom. The predicted octanol–water partition coefficient (Wildman–Crippen LogP) is 5.60. The molecule has 1 amide bonds. The Labute approximate surface area is 134 Å². The van der Waals surface area contributed by atoms with Gasteiger partial charge < -0.3 is 5.32 Å². The Morgan fingerprint density at radius 2 is 1.89 bits per heavy atom. The summed E-state index contributed by atoms with van der Waals surface area (Å²) in [4.78, 5) is 12.7. The molecule has 1 aromatic carbocycles. The molecule has 18 heavy (non-hydrogen) atoms. The number of amides is 1. The summed E-state index contributed by atoms with van der Waals surface area (Å²) in [5.74, 6) is -0.113. The molecule has 0 saturated carbocycles. The summed E-state index contributed by atoms with van der Waals surface area (Å²) in [7, 11) is 0. The van der Waals surface area contributed by atoms with Crippen molar-refractivity contribution in [3.05, 3.63) is 47.4 Å². The fourth-order valence-corrected chi connectivity index (χ4v) is 3.65. The number of nitrogens with one attached hydrogen (secondary N) is 1. The molecule has 2 aromatic rings. The molecule has 1 N–H and O–H groups in total. The van der Waals surface area contributed by atoms with Crippen LogP contribution in [0.3, 0.4) is 0 Å². The van der Waals surface area contributed by atoms with Gasteiger partial charge in [0, 0.05) is 8.95 Å². The molecule has 94 valence electrons. The number of hydrogen-bond acceptors (Lipinski definition) is 2. The molecule has 0 aliphatic carbocycles. The van der Waals surface area contributed by atoms with Crippen molar-refractivity contribution in [3.63, 3.8) is 0 Å². The van der Waals surface area contributed by atoms with Crippen molar-refractivity contribution < 1.29 is 4.79 Å². The largest absolute Gasteiger partial charge is 0.320 e. The SMILES string of the molecule is Cc1ccc(Br)c(NC(=O)c2cc(Br)c(Br)s2)c1. The summed E-state index contributed by atoms with van der Waals surface area (Å²) < 4.78 is 2.67. The lowest BCUT2D eigenvalue weighted by atomic mass is 10.2. The average molecular weight is 454 g/mol. The molecule has 2 nitrogen and oxygen atoms in total. The lowest BCUT2D eigenvalue weighted by Gasteiger charge is -2.07. The summed E-state index contributed by atoms with van der Waals surface area (Å²) >= 11 is 11.6. The lowest BCUT2D eigenvalue weighted by Crippen LogP contribution is -2.10. The van der Waals surface area contributed by atoms with Crippen LogP contribution < -0.4 is 5.32 Å². The van der Waals surface area contributed by atoms with Gasteiger partial charge in [0.25, 0.3) is 5.91 Å². The van der Waals surface area contributed by atoms with E-state index in [-0.39, 0.29) is 5.91 Å². The van der Waals surface area contributed by atoms with Crippen molar-refractivity contribution in [3.8, 4) is 0 Å². The maximum absolute atomic E-state index is 12.1. The molecule has 2 rings (SSSR count). The number of benzene rings is 1. The standard InChI is InChI=1S/C12H8Br3NOS/c1-6-2-3-7(13)9(4-6)16-12(17)10-5-8(14)11(15)18-10/h2-5H,1H3,(H,16,17). The van der Waals surface area contributed by atoms with E-state index in [1.807, 2.05) is 25.1 Å². The van der Waals surface area contributed by atoms with Crippen LogP contribution in [0.25, 0.3) is 0 Å². The number of aryl methyl sites for hydroxylation is 1. The van der Waals surface area contributed by atoms with E-state index in [4.69, 9.17) is 0 Å². The van der Waals surface area contributed by atoms with Crippen LogP contribution in [0.15, 0.2) is 37.0 Å². The Morgan fingerprint density at radius 3 is 2.50 bits per heavy atom. The van der Waals surface area contributed by atoms with E-state index in [2.05, 4.69) is 53.1 Å². The first-order chi connectivity index (χ1) is 8.47. The van der Waals surface area contributed by atoms with Crippen LogP contribution in [0.5, 0.6) is 0 Å². The van der Waals surface area contributed by atoms with Gasteiger partial charge in [0.05, 0.1) is 14.4 Å². The zero-order valence-corrected chi connectivity index (χ0v) is 14.8. The third kappa shape index (κ3) is 3.23. The molecule has 6 heteroatoms. The van der Waals surface area contributed by atoms with E-state index in [1.165, 1.54) is 11.3 Å². The van der Waals surface area contributed by atoms with Crippen molar-refractivity contribution in [1.29, 1.82) is 0 Å². The second-order valence-electron chi connectivity index (χ2n) is 3.67. The van der Waals surface area contributed by atoms with Gasteiger partial charge >= 0.3 is 0 Å². The number of hydrogen-bond donors (Lipinski definition) is 1. The summed E-state index contributed by atoms with van der Waals surface area (Å²) in [6.45, 7) is 1.99. The maximum atomic E-state index is 12.1. The smallest absolute Gasteiger partial charge is 0.265 e.